The molecule has 0 unspecified atom stereocenters. The lowest BCUT2D eigenvalue weighted by molar-refractivity contribution is 0.300. The molecule has 110 valence electrons. The lowest BCUT2D eigenvalue weighted by Crippen LogP contribution is -2.30. The summed E-state index contributed by atoms with van der Waals surface area (Å²) in [5.41, 5.74) is 0.344. The second-order valence-corrected chi connectivity index (χ2v) is 6.18. The van der Waals surface area contributed by atoms with Crippen LogP contribution in [0.5, 0.6) is 0 Å². The highest BCUT2D eigenvalue weighted by atomic mass is 32.2. The molecule has 0 aliphatic rings. The molecule has 1 rings (SSSR count). The van der Waals surface area contributed by atoms with E-state index in [0.29, 0.717) is 12.1 Å². The molecule has 0 saturated heterocycles. The molecule has 0 bridgehead atoms. The third-order valence-corrected chi connectivity index (χ3v) is 4.57. The summed E-state index contributed by atoms with van der Waals surface area (Å²) >= 11 is 0. The summed E-state index contributed by atoms with van der Waals surface area (Å²) in [5, 5.41) is 8.79. The Labute approximate surface area is 121 Å². The Morgan fingerprint density at radius 2 is 2.00 bits per heavy atom. The molecule has 0 amide bonds. The van der Waals surface area contributed by atoms with Crippen LogP contribution < -0.4 is 4.72 Å². The molecule has 6 heteroatoms. The average Bonchev–Trinajstić information content (AvgIpc) is 2.47. The highest BCUT2D eigenvalue weighted by Gasteiger charge is 2.13. The first-order valence-corrected chi connectivity index (χ1v) is 8.24. The van der Waals surface area contributed by atoms with Crippen molar-refractivity contribution in [1.29, 1.82) is 5.26 Å². The van der Waals surface area contributed by atoms with Gasteiger partial charge in [-0.1, -0.05) is 19.9 Å². The molecule has 20 heavy (non-hydrogen) atoms. The Morgan fingerprint density at radius 1 is 1.30 bits per heavy atom. The number of hydrogen-bond donors (Lipinski definition) is 1. The standard InChI is InChI=1S/C14H21N3O2S/c1-3-17(4-2)10-6-9-16-20(18,19)14-8-5-7-13(11-14)12-15/h5,7-8,11,16H,3-4,6,9-10H2,1-2H3. The third-order valence-electron chi connectivity index (χ3n) is 3.11. The molecule has 0 atom stereocenters. The zero-order chi connectivity index (χ0) is 15.0. The highest BCUT2D eigenvalue weighted by molar-refractivity contribution is 7.89. The van der Waals surface area contributed by atoms with Crippen LogP contribution in [0.4, 0.5) is 0 Å². The molecule has 0 spiro atoms. The Balaban J connectivity index is 2.56. The van der Waals surface area contributed by atoms with Crippen molar-refractivity contribution in [2.75, 3.05) is 26.2 Å². The van der Waals surface area contributed by atoms with Crippen molar-refractivity contribution < 1.29 is 8.42 Å². The number of nitrogens with one attached hydrogen (secondary N) is 1. The molecule has 1 N–H and O–H groups in total. The average molecular weight is 295 g/mol. The lowest BCUT2D eigenvalue weighted by atomic mass is 10.2. The summed E-state index contributed by atoms with van der Waals surface area (Å²) < 4.78 is 26.7. The first-order valence-electron chi connectivity index (χ1n) is 6.75. The van der Waals surface area contributed by atoms with Crippen LogP contribution in [0.2, 0.25) is 0 Å². The zero-order valence-electron chi connectivity index (χ0n) is 12.0. The second-order valence-electron chi connectivity index (χ2n) is 4.42. The van der Waals surface area contributed by atoms with Crippen molar-refractivity contribution in [2.24, 2.45) is 0 Å². The van der Waals surface area contributed by atoms with E-state index in [0.717, 1.165) is 26.1 Å². The number of rotatable bonds is 8. The van der Waals surface area contributed by atoms with E-state index in [-0.39, 0.29) is 4.90 Å². The minimum atomic E-state index is -3.52. The van der Waals surface area contributed by atoms with E-state index in [1.165, 1.54) is 12.1 Å². The molecule has 0 radical (unpaired) electrons. The van der Waals surface area contributed by atoms with Gasteiger partial charge in [0.15, 0.2) is 0 Å². The summed E-state index contributed by atoms with van der Waals surface area (Å²) in [5.74, 6) is 0. The summed E-state index contributed by atoms with van der Waals surface area (Å²) in [7, 11) is -3.52. The number of benzene rings is 1. The summed E-state index contributed by atoms with van der Waals surface area (Å²) in [6.45, 7) is 7.37. The predicted molar refractivity (Wildman–Crippen MR) is 78.8 cm³/mol. The van der Waals surface area contributed by atoms with Crippen molar-refractivity contribution in [3.63, 3.8) is 0 Å². The fourth-order valence-electron chi connectivity index (χ4n) is 1.87. The Hall–Kier alpha value is -1.42. The molecule has 0 fully saturated rings. The van der Waals surface area contributed by atoms with Gasteiger partial charge >= 0.3 is 0 Å². The van der Waals surface area contributed by atoms with Crippen LogP contribution in [0.25, 0.3) is 0 Å². The summed E-state index contributed by atoms with van der Waals surface area (Å²) in [4.78, 5) is 2.38. The van der Waals surface area contributed by atoms with Crippen LogP contribution >= 0.6 is 0 Å². The van der Waals surface area contributed by atoms with Gasteiger partial charge in [-0.2, -0.15) is 5.26 Å². The lowest BCUT2D eigenvalue weighted by Gasteiger charge is -2.17. The van der Waals surface area contributed by atoms with E-state index >= 15 is 0 Å². The van der Waals surface area contributed by atoms with Gasteiger partial charge in [-0.3, -0.25) is 0 Å². The van der Waals surface area contributed by atoms with Crippen molar-refractivity contribution in [2.45, 2.75) is 25.2 Å². The van der Waals surface area contributed by atoms with E-state index in [4.69, 9.17) is 5.26 Å². The van der Waals surface area contributed by atoms with Crippen molar-refractivity contribution in [3.05, 3.63) is 29.8 Å². The summed E-state index contributed by atoms with van der Waals surface area (Å²) in [6, 6.07) is 7.97. The maximum absolute atomic E-state index is 12.0. The molecule has 1 aromatic rings. The molecular formula is C14H21N3O2S. The Bertz CT molecular complexity index is 560. The van der Waals surface area contributed by atoms with Gasteiger partial charge in [0.25, 0.3) is 0 Å². The zero-order valence-corrected chi connectivity index (χ0v) is 12.8. The summed E-state index contributed by atoms with van der Waals surface area (Å²) in [6.07, 6.45) is 0.763. The normalized spacial score (nSPS) is 11.5. The quantitative estimate of drug-likeness (QED) is 0.739. The van der Waals surface area contributed by atoms with E-state index in [1.807, 2.05) is 6.07 Å². The van der Waals surface area contributed by atoms with Gasteiger partial charge in [-0.05, 0) is 44.3 Å². The van der Waals surface area contributed by atoms with Gasteiger partial charge in [-0.15, -0.1) is 0 Å². The Kier molecular flexibility index (Phi) is 6.65. The van der Waals surface area contributed by atoms with E-state index in [9.17, 15) is 8.42 Å². The van der Waals surface area contributed by atoms with Crippen LogP contribution in [0.3, 0.4) is 0 Å². The first-order chi connectivity index (χ1) is 9.53. The maximum atomic E-state index is 12.0. The van der Waals surface area contributed by atoms with Gasteiger partial charge in [0, 0.05) is 6.54 Å². The van der Waals surface area contributed by atoms with E-state index in [2.05, 4.69) is 23.5 Å². The van der Waals surface area contributed by atoms with Crippen molar-refractivity contribution in [3.8, 4) is 6.07 Å². The fourth-order valence-corrected chi connectivity index (χ4v) is 2.98. The Morgan fingerprint density at radius 3 is 2.60 bits per heavy atom. The molecule has 0 heterocycles. The number of nitriles is 1. The van der Waals surface area contributed by atoms with Crippen LogP contribution in [-0.4, -0.2) is 39.5 Å². The second kappa shape index (κ2) is 8.00. The van der Waals surface area contributed by atoms with Crippen LogP contribution in [0.15, 0.2) is 29.2 Å². The minimum absolute atomic E-state index is 0.138. The van der Waals surface area contributed by atoms with Gasteiger partial charge < -0.3 is 4.90 Å². The van der Waals surface area contributed by atoms with Gasteiger partial charge in [0.2, 0.25) is 10.0 Å². The maximum Gasteiger partial charge on any atom is 0.240 e. The number of nitrogens with zero attached hydrogens (tertiary/aromatic N) is 2. The first kappa shape index (κ1) is 16.6. The largest absolute Gasteiger partial charge is 0.304 e. The van der Waals surface area contributed by atoms with Crippen molar-refractivity contribution >= 4 is 10.0 Å². The molecule has 0 saturated carbocycles. The molecule has 5 nitrogen and oxygen atoms in total. The minimum Gasteiger partial charge on any atom is -0.304 e. The molecule has 1 aromatic carbocycles. The molecule has 0 aromatic heterocycles. The highest BCUT2D eigenvalue weighted by Crippen LogP contribution is 2.10. The fraction of sp³-hybridized carbons (Fsp3) is 0.500. The van der Waals surface area contributed by atoms with Gasteiger partial charge in [-0.25, -0.2) is 13.1 Å². The molecular weight excluding hydrogens is 274 g/mol. The van der Waals surface area contributed by atoms with Crippen LogP contribution in [-0.2, 0) is 10.0 Å². The predicted octanol–water partition coefficient (Wildman–Crippen LogP) is 1.57. The van der Waals surface area contributed by atoms with Gasteiger partial charge in [0.1, 0.15) is 0 Å². The number of hydrogen-bond acceptors (Lipinski definition) is 4. The van der Waals surface area contributed by atoms with Crippen molar-refractivity contribution in [1.82, 2.24) is 9.62 Å². The van der Waals surface area contributed by atoms with E-state index in [1.54, 1.807) is 12.1 Å². The SMILES string of the molecule is CCN(CC)CCCNS(=O)(=O)c1cccc(C#N)c1. The smallest absolute Gasteiger partial charge is 0.240 e. The van der Waals surface area contributed by atoms with Crippen LogP contribution in [0.1, 0.15) is 25.8 Å². The molecule has 0 aliphatic carbocycles. The number of sulfonamides is 1. The third kappa shape index (κ3) is 4.93. The molecule has 0 aliphatic heterocycles. The van der Waals surface area contributed by atoms with Gasteiger partial charge in [0.05, 0.1) is 16.5 Å². The monoisotopic (exact) mass is 295 g/mol. The topological polar surface area (TPSA) is 73.2 Å². The van der Waals surface area contributed by atoms with E-state index < -0.39 is 10.0 Å². The van der Waals surface area contributed by atoms with Crippen LogP contribution in [0, 0.1) is 11.3 Å².